The number of guanidine groups is 1. The van der Waals surface area contributed by atoms with Crippen LogP contribution in [0.2, 0.25) is 0 Å². The van der Waals surface area contributed by atoms with Gasteiger partial charge in [-0.05, 0) is 5.92 Å². The number of nitrogens with zero attached hydrogens (tertiary/aromatic N) is 4. The van der Waals surface area contributed by atoms with E-state index in [4.69, 9.17) is 4.52 Å². The fourth-order valence-corrected chi connectivity index (χ4v) is 3.47. The Kier molecular flexibility index (Phi) is 5.28. The monoisotopic (exact) mass is 297 g/mol. The number of thioether (sulfide) groups is 1. The highest BCUT2D eigenvalue weighted by molar-refractivity contribution is 8.00. The van der Waals surface area contributed by atoms with E-state index in [1.165, 1.54) is 0 Å². The molecule has 0 saturated carbocycles. The molecule has 7 heteroatoms. The van der Waals surface area contributed by atoms with Gasteiger partial charge in [-0.2, -0.15) is 16.7 Å². The van der Waals surface area contributed by atoms with E-state index in [2.05, 4.69) is 51.0 Å². The van der Waals surface area contributed by atoms with Gasteiger partial charge in [-0.1, -0.05) is 19.0 Å². The summed E-state index contributed by atoms with van der Waals surface area (Å²) in [5.41, 5.74) is 0. The molecule has 20 heavy (non-hydrogen) atoms. The van der Waals surface area contributed by atoms with Crippen LogP contribution in [0.5, 0.6) is 0 Å². The van der Waals surface area contributed by atoms with Crippen LogP contribution in [0.4, 0.5) is 0 Å². The minimum Gasteiger partial charge on any atom is -0.349 e. The molecule has 2 rings (SSSR count). The van der Waals surface area contributed by atoms with Crippen molar-refractivity contribution in [2.24, 2.45) is 10.9 Å². The van der Waals surface area contributed by atoms with Gasteiger partial charge in [0, 0.05) is 38.1 Å². The molecule has 0 aliphatic carbocycles. The maximum atomic E-state index is 4.97. The highest BCUT2D eigenvalue weighted by Crippen LogP contribution is 2.24. The first kappa shape index (κ1) is 15.2. The van der Waals surface area contributed by atoms with Crippen LogP contribution in [0.15, 0.2) is 9.52 Å². The third-order valence-electron chi connectivity index (χ3n) is 3.32. The Balaban J connectivity index is 1.91. The predicted molar refractivity (Wildman–Crippen MR) is 81.9 cm³/mol. The van der Waals surface area contributed by atoms with E-state index in [0.29, 0.717) is 29.4 Å². The van der Waals surface area contributed by atoms with Crippen LogP contribution < -0.4 is 5.32 Å². The Morgan fingerprint density at radius 1 is 1.60 bits per heavy atom. The molecule has 1 fully saturated rings. The van der Waals surface area contributed by atoms with Crippen molar-refractivity contribution < 1.29 is 4.52 Å². The standard InChI is InChI=1S/C13H23N5OS/c1-9(2)11-8-18(5-6-20-11)13(14-4)15-7-12-16-10(3)19-17-12/h9,11H,5-8H2,1-4H3,(H,14,15). The number of rotatable bonds is 3. The molecule has 0 aromatic carbocycles. The second-order valence-electron chi connectivity index (χ2n) is 5.23. The number of aromatic nitrogens is 2. The van der Waals surface area contributed by atoms with Crippen molar-refractivity contribution in [3.05, 3.63) is 11.7 Å². The smallest absolute Gasteiger partial charge is 0.223 e. The van der Waals surface area contributed by atoms with Crippen LogP contribution in [0, 0.1) is 12.8 Å². The molecule has 1 saturated heterocycles. The fourth-order valence-electron chi connectivity index (χ4n) is 2.17. The second kappa shape index (κ2) is 6.97. The number of aliphatic imine (C=N–C) groups is 1. The maximum absolute atomic E-state index is 4.97. The first-order valence-electron chi connectivity index (χ1n) is 6.96. The zero-order chi connectivity index (χ0) is 14.5. The minimum absolute atomic E-state index is 0.542. The molecule has 6 nitrogen and oxygen atoms in total. The van der Waals surface area contributed by atoms with Gasteiger partial charge in [0.05, 0.1) is 6.54 Å². The molecule has 1 aromatic heterocycles. The molecule has 0 radical (unpaired) electrons. The molecule has 1 aliphatic rings. The Bertz CT molecular complexity index is 459. The lowest BCUT2D eigenvalue weighted by atomic mass is 10.1. The summed E-state index contributed by atoms with van der Waals surface area (Å²) in [6, 6.07) is 0. The number of aryl methyl sites for hydroxylation is 1. The highest BCUT2D eigenvalue weighted by Gasteiger charge is 2.24. The summed E-state index contributed by atoms with van der Waals surface area (Å²) in [7, 11) is 1.82. The lowest BCUT2D eigenvalue weighted by molar-refractivity contribution is 0.375. The SMILES string of the molecule is CN=C(NCc1noc(C)n1)N1CCSC(C(C)C)C1. The van der Waals surface area contributed by atoms with Crippen molar-refractivity contribution in [2.45, 2.75) is 32.6 Å². The Morgan fingerprint density at radius 2 is 2.40 bits per heavy atom. The van der Waals surface area contributed by atoms with Crippen LogP contribution in [-0.4, -0.2) is 52.1 Å². The summed E-state index contributed by atoms with van der Waals surface area (Å²) >= 11 is 2.06. The molecule has 112 valence electrons. The largest absolute Gasteiger partial charge is 0.349 e. The summed E-state index contributed by atoms with van der Waals surface area (Å²) in [5, 5.41) is 7.86. The van der Waals surface area contributed by atoms with Crippen LogP contribution >= 0.6 is 11.8 Å². The summed E-state index contributed by atoms with van der Waals surface area (Å²) < 4.78 is 4.97. The van der Waals surface area contributed by atoms with Gasteiger partial charge in [0.15, 0.2) is 11.8 Å². The molecular formula is C13H23N5OS. The summed E-state index contributed by atoms with van der Waals surface area (Å²) in [4.78, 5) is 10.9. The van der Waals surface area contributed by atoms with E-state index in [9.17, 15) is 0 Å². The third-order valence-corrected chi connectivity index (χ3v) is 4.86. The normalized spacial score (nSPS) is 20.6. The molecule has 1 atom stereocenters. The van der Waals surface area contributed by atoms with Gasteiger partial charge in [-0.15, -0.1) is 0 Å². The van der Waals surface area contributed by atoms with Gasteiger partial charge in [-0.25, -0.2) is 0 Å². The van der Waals surface area contributed by atoms with Crippen LogP contribution in [0.3, 0.4) is 0 Å². The Labute approximate surface area is 124 Å². The summed E-state index contributed by atoms with van der Waals surface area (Å²) in [6.45, 7) is 8.95. The topological polar surface area (TPSA) is 66.5 Å². The first-order chi connectivity index (χ1) is 9.60. The number of hydrogen-bond acceptors (Lipinski definition) is 5. The van der Waals surface area contributed by atoms with Crippen molar-refractivity contribution in [3.8, 4) is 0 Å². The molecule has 2 heterocycles. The lowest BCUT2D eigenvalue weighted by Gasteiger charge is -2.36. The highest BCUT2D eigenvalue weighted by atomic mass is 32.2. The van der Waals surface area contributed by atoms with Crippen LogP contribution in [-0.2, 0) is 6.54 Å². The van der Waals surface area contributed by atoms with Gasteiger partial charge in [-0.3, -0.25) is 4.99 Å². The second-order valence-corrected chi connectivity index (χ2v) is 6.58. The van der Waals surface area contributed by atoms with E-state index in [1.54, 1.807) is 6.92 Å². The predicted octanol–water partition coefficient (Wildman–Crippen LogP) is 1.53. The lowest BCUT2D eigenvalue weighted by Crippen LogP contribution is -2.48. The average molecular weight is 297 g/mol. The molecular weight excluding hydrogens is 274 g/mol. The average Bonchev–Trinajstić information content (AvgIpc) is 2.85. The van der Waals surface area contributed by atoms with E-state index in [1.807, 2.05) is 7.05 Å². The third kappa shape index (κ3) is 3.88. The van der Waals surface area contributed by atoms with Crippen molar-refractivity contribution in [1.29, 1.82) is 0 Å². The number of hydrogen-bond donors (Lipinski definition) is 1. The van der Waals surface area contributed by atoms with E-state index in [-0.39, 0.29) is 0 Å². The molecule has 1 aliphatic heterocycles. The summed E-state index contributed by atoms with van der Waals surface area (Å²) in [6.07, 6.45) is 0. The molecule has 0 amide bonds. The van der Waals surface area contributed by atoms with Crippen molar-refractivity contribution in [3.63, 3.8) is 0 Å². The van der Waals surface area contributed by atoms with E-state index < -0.39 is 0 Å². The van der Waals surface area contributed by atoms with Crippen molar-refractivity contribution in [2.75, 3.05) is 25.9 Å². The van der Waals surface area contributed by atoms with E-state index in [0.717, 1.165) is 24.8 Å². The molecule has 1 N–H and O–H groups in total. The molecule has 0 bridgehead atoms. The van der Waals surface area contributed by atoms with Crippen molar-refractivity contribution >= 4 is 17.7 Å². The van der Waals surface area contributed by atoms with Gasteiger partial charge in [0.1, 0.15) is 0 Å². The minimum atomic E-state index is 0.542. The number of nitrogens with one attached hydrogen (secondary N) is 1. The van der Waals surface area contributed by atoms with Gasteiger partial charge < -0.3 is 14.7 Å². The van der Waals surface area contributed by atoms with Crippen LogP contribution in [0.25, 0.3) is 0 Å². The molecule has 1 aromatic rings. The fraction of sp³-hybridized carbons (Fsp3) is 0.769. The first-order valence-corrected chi connectivity index (χ1v) is 8.01. The summed E-state index contributed by atoms with van der Waals surface area (Å²) in [5.74, 6) is 3.99. The zero-order valence-electron chi connectivity index (χ0n) is 12.6. The Morgan fingerprint density at radius 3 is 3.00 bits per heavy atom. The van der Waals surface area contributed by atoms with E-state index >= 15 is 0 Å². The quantitative estimate of drug-likeness (QED) is 0.674. The molecule has 1 unspecified atom stereocenters. The van der Waals surface area contributed by atoms with Gasteiger partial charge >= 0.3 is 0 Å². The van der Waals surface area contributed by atoms with Crippen LogP contribution in [0.1, 0.15) is 25.6 Å². The zero-order valence-corrected chi connectivity index (χ0v) is 13.4. The Hall–Kier alpha value is -1.24. The molecule has 0 spiro atoms. The maximum Gasteiger partial charge on any atom is 0.223 e. The van der Waals surface area contributed by atoms with Gasteiger partial charge in [0.2, 0.25) is 5.89 Å². The van der Waals surface area contributed by atoms with Gasteiger partial charge in [0.25, 0.3) is 0 Å². The van der Waals surface area contributed by atoms with Crippen molar-refractivity contribution in [1.82, 2.24) is 20.4 Å².